The highest BCUT2D eigenvalue weighted by molar-refractivity contribution is 6.02. The molecule has 1 saturated heterocycles. The Hall–Kier alpha value is -3.35. The van der Waals surface area contributed by atoms with Gasteiger partial charge in [0.05, 0.1) is 5.92 Å². The topological polar surface area (TPSA) is 90.0 Å². The number of hydrogen-bond acceptors (Lipinski definition) is 3. The molecule has 2 fully saturated rings. The third kappa shape index (κ3) is 5.53. The van der Waals surface area contributed by atoms with Crippen LogP contribution in [0.4, 0.5) is 16.2 Å². The molecule has 3 amide bonds. The highest BCUT2D eigenvalue weighted by Gasteiger charge is 2.36. The smallest absolute Gasteiger partial charge is 0.326 e. The van der Waals surface area contributed by atoms with Gasteiger partial charge in [0.2, 0.25) is 5.91 Å². The van der Waals surface area contributed by atoms with Gasteiger partial charge in [-0.05, 0) is 56.4 Å². The molecule has 0 radical (unpaired) electrons. The Balaban J connectivity index is 1.42. The van der Waals surface area contributed by atoms with E-state index in [0.717, 1.165) is 24.2 Å². The van der Waals surface area contributed by atoms with Gasteiger partial charge in [-0.15, -0.1) is 0 Å². The molecule has 2 aromatic carbocycles. The van der Waals surface area contributed by atoms with E-state index in [4.69, 9.17) is 0 Å². The summed E-state index contributed by atoms with van der Waals surface area (Å²) < 4.78 is 0. The first kappa shape index (κ1) is 22.8. The van der Waals surface area contributed by atoms with Crippen molar-refractivity contribution in [2.24, 2.45) is 11.8 Å². The molecule has 1 aliphatic carbocycles. The number of benzene rings is 2. The number of hydrogen-bond donors (Lipinski definition) is 2. The van der Waals surface area contributed by atoms with Crippen LogP contribution in [0.2, 0.25) is 0 Å². The minimum Gasteiger partial charge on any atom is -0.481 e. The van der Waals surface area contributed by atoms with Crippen LogP contribution in [0.1, 0.15) is 38.5 Å². The first-order valence-corrected chi connectivity index (χ1v) is 11.7. The first-order chi connectivity index (χ1) is 16.0. The Morgan fingerprint density at radius 1 is 0.848 bits per heavy atom. The molecule has 2 atom stereocenters. The van der Waals surface area contributed by atoms with Crippen molar-refractivity contribution in [1.82, 2.24) is 4.90 Å². The molecular formula is C26H31N3O4. The maximum atomic E-state index is 13.3. The average molecular weight is 450 g/mol. The van der Waals surface area contributed by atoms with Crippen molar-refractivity contribution in [2.75, 3.05) is 23.3 Å². The first-order valence-electron chi connectivity index (χ1n) is 11.7. The highest BCUT2D eigenvalue weighted by atomic mass is 16.4. The molecule has 7 heteroatoms. The maximum Gasteiger partial charge on any atom is 0.326 e. The van der Waals surface area contributed by atoms with Crippen LogP contribution in [-0.4, -0.2) is 47.0 Å². The second-order valence-corrected chi connectivity index (χ2v) is 8.96. The van der Waals surface area contributed by atoms with Crippen LogP contribution in [0.15, 0.2) is 60.7 Å². The van der Waals surface area contributed by atoms with Gasteiger partial charge in [-0.3, -0.25) is 14.5 Å². The van der Waals surface area contributed by atoms with Crippen molar-refractivity contribution >= 4 is 29.3 Å². The number of nitrogens with one attached hydrogen (secondary N) is 1. The molecular weight excluding hydrogens is 418 g/mol. The zero-order valence-electron chi connectivity index (χ0n) is 18.7. The van der Waals surface area contributed by atoms with Crippen molar-refractivity contribution in [1.29, 1.82) is 0 Å². The predicted octanol–water partition coefficient (Wildman–Crippen LogP) is 4.61. The number of carbonyl (C=O) groups excluding carboxylic acids is 2. The van der Waals surface area contributed by atoms with Gasteiger partial charge in [-0.25, -0.2) is 4.79 Å². The van der Waals surface area contributed by atoms with Crippen molar-refractivity contribution in [3.63, 3.8) is 0 Å². The van der Waals surface area contributed by atoms with Crippen LogP contribution >= 0.6 is 0 Å². The minimum atomic E-state index is -0.797. The Labute approximate surface area is 194 Å². The molecule has 2 aromatic rings. The van der Waals surface area contributed by atoms with Gasteiger partial charge in [0.25, 0.3) is 0 Å². The quantitative estimate of drug-likeness (QED) is 0.698. The van der Waals surface area contributed by atoms with E-state index in [1.165, 1.54) is 0 Å². The molecule has 1 saturated carbocycles. The number of nitrogens with zero attached hydrogens (tertiary/aromatic N) is 2. The lowest BCUT2D eigenvalue weighted by molar-refractivity contribution is -0.145. The largest absolute Gasteiger partial charge is 0.481 e. The van der Waals surface area contributed by atoms with Gasteiger partial charge in [0.15, 0.2) is 0 Å². The molecule has 2 N–H and O–H groups in total. The lowest BCUT2D eigenvalue weighted by Crippen LogP contribution is -2.51. The number of amides is 3. The zero-order chi connectivity index (χ0) is 23.2. The normalized spacial score (nSPS) is 21.3. The second-order valence-electron chi connectivity index (χ2n) is 8.96. The Kier molecular flexibility index (Phi) is 7.27. The SMILES string of the molecule is O=C(O)[C@H]1CCC[C@@H](C(=O)N2CCC(N(C(=O)Nc3ccccc3)c3ccccc3)CC2)C1. The van der Waals surface area contributed by atoms with Gasteiger partial charge in [0.1, 0.15) is 0 Å². The molecule has 1 aliphatic heterocycles. The summed E-state index contributed by atoms with van der Waals surface area (Å²) in [5.74, 6) is -1.35. The molecule has 0 bridgehead atoms. The summed E-state index contributed by atoms with van der Waals surface area (Å²) in [7, 11) is 0. The summed E-state index contributed by atoms with van der Waals surface area (Å²) in [6, 6.07) is 18.8. The predicted molar refractivity (Wildman–Crippen MR) is 127 cm³/mol. The van der Waals surface area contributed by atoms with Gasteiger partial charge < -0.3 is 15.3 Å². The Morgan fingerprint density at radius 3 is 2.09 bits per heavy atom. The molecule has 0 spiro atoms. The number of para-hydroxylation sites is 2. The van der Waals surface area contributed by atoms with E-state index in [1.54, 1.807) is 4.90 Å². The third-order valence-electron chi connectivity index (χ3n) is 6.79. The van der Waals surface area contributed by atoms with Crippen molar-refractivity contribution in [3.8, 4) is 0 Å². The van der Waals surface area contributed by atoms with E-state index in [9.17, 15) is 19.5 Å². The van der Waals surface area contributed by atoms with E-state index < -0.39 is 11.9 Å². The summed E-state index contributed by atoms with van der Waals surface area (Å²) in [6.07, 6.45) is 3.99. The number of aliphatic carboxylic acids is 1. The van der Waals surface area contributed by atoms with Crippen LogP contribution in [0.3, 0.4) is 0 Å². The lowest BCUT2D eigenvalue weighted by atomic mass is 9.80. The van der Waals surface area contributed by atoms with Crippen LogP contribution in [0.25, 0.3) is 0 Å². The average Bonchev–Trinajstić information content (AvgIpc) is 2.85. The van der Waals surface area contributed by atoms with Crippen LogP contribution < -0.4 is 10.2 Å². The second kappa shape index (κ2) is 10.5. The van der Waals surface area contributed by atoms with Crippen molar-refractivity contribution < 1.29 is 19.5 Å². The van der Waals surface area contributed by atoms with E-state index in [-0.39, 0.29) is 23.9 Å². The summed E-state index contributed by atoms with van der Waals surface area (Å²) in [4.78, 5) is 41.4. The molecule has 33 heavy (non-hydrogen) atoms. The Bertz CT molecular complexity index is 958. The molecule has 0 aromatic heterocycles. The number of carbonyl (C=O) groups is 3. The molecule has 174 valence electrons. The molecule has 4 rings (SSSR count). The molecule has 1 heterocycles. The standard InChI is InChI=1S/C26H31N3O4/c30-24(19-8-7-9-20(18-19)25(31)32)28-16-14-23(15-17-28)29(22-12-5-2-6-13-22)26(33)27-21-10-3-1-4-11-21/h1-6,10-13,19-20,23H,7-9,14-18H2,(H,27,33)(H,31,32)/t19-,20+/m1/s1. The summed E-state index contributed by atoms with van der Waals surface area (Å²) >= 11 is 0. The minimum absolute atomic E-state index is 0.0294. The van der Waals surface area contributed by atoms with Crippen LogP contribution in [0, 0.1) is 11.8 Å². The number of carboxylic acids is 1. The van der Waals surface area contributed by atoms with Gasteiger partial charge in [-0.1, -0.05) is 42.8 Å². The number of carboxylic acid groups (broad SMARTS) is 1. The number of piperidine rings is 1. The van der Waals surface area contributed by atoms with Crippen molar-refractivity contribution in [3.05, 3.63) is 60.7 Å². The van der Waals surface area contributed by atoms with Crippen LogP contribution in [-0.2, 0) is 9.59 Å². The fraction of sp³-hybridized carbons (Fsp3) is 0.423. The highest BCUT2D eigenvalue weighted by Crippen LogP contribution is 2.32. The number of rotatable bonds is 5. The fourth-order valence-corrected chi connectivity index (χ4v) is 5.03. The molecule has 0 unspecified atom stereocenters. The van der Waals surface area contributed by atoms with Gasteiger partial charge >= 0.3 is 12.0 Å². The maximum absolute atomic E-state index is 13.3. The zero-order valence-corrected chi connectivity index (χ0v) is 18.7. The van der Waals surface area contributed by atoms with E-state index >= 15 is 0 Å². The van der Waals surface area contributed by atoms with Crippen molar-refractivity contribution in [2.45, 2.75) is 44.6 Å². The summed E-state index contributed by atoms with van der Waals surface area (Å²) in [5, 5.41) is 12.3. The van der Waals surface area contributed by atoms with Gasteiger partial charge in [-0.2, -0.15) is 0 Å². The monoisotopic (exact) mass is 449 g/mol. The summed E-state index contributed by atoms with van der Waals surface area (Å²) in [6.45, 7) is 1.14. The number of urea groups is 1. The van der Waals surface area contributed by atoms with E-state index in [0.29, 0.717) is 38.8 Å². The third-order valence-corrected chi connectivity index (χ3v) is 6.79. The van der Waals surface area contributed by atoms with Gasteiger partial charge in [0, 0.05) is 36.4 Å². The molecule has 2 aliphatic rings. The van der Waals surface area contributed by atoms with E-state index in [1.807, 2.05) is 65.6 Å². The lowest BCUT2D eigenvalue weighted by Gasteiger charge is -2.40. The number of likely N-dealkylation sites (tertiary alicyclic amines) is 1. The summed E-state index contributed by atoms with van der Waals surface area (Å²) in [5.41, 5.74) is 1.56. The fourth-order valence-electron chi connectivity index (χ4n) is 5.03. The number of anilines is 2. The molecule has 7 nitrogen and oxygen atoms in total. The van der Waals surface area contributed by atoms with Crippen LogP contribution in [0.5, 0.6) is 0 Å². The van der Waals surface area contributed by atoms with E-state index in [2.05, 4.69) is 5.32 Å². The Morgan fingerprint density at radius 2 is 1.45 bits per heavy atom.